The molecule has 0 unspecified atom stereocenters. The molecule has 1 aliphatic rings. The largest absolute Gasteiger partial charge is 0.499 e. The highest BCUT2D eigenvalue weighted by Crippen LogP contribution is 2.44. The third-order valence-electron chi connectivity index (χ3n) is 5.27. The Morgan fingerprint density at radius 3 is 2.53 bits per heavy atom. The first-order chi connectivity index (χ1) is 14.3. The minimum atomic E-state index is -1.13. The zero-order valence-corrected chi connectivity index (χ0v) is 16.9. The summed E-state index contributed by atoms with van der Waals surface area (Å²) >= 11 is 0. The Labute approximate surface area is 171 Å². The molecule has 0 bridgehead atoms. The molecule has 1 N–H and O–H groups in total. The molecule has 160 valence electrons. The molecule has 0 radical (unpaired) electrons. The number of likely N-dealkylation sites (N-methyl/N-ethyl adjacent to an activating group) is 1. The van der Waals surface area contributed by atoms with E-state index in [2.05, 4.69) is 10.1 Å². The third kappa shape index (κ3) is 3.82. The maximum atomic E-state index is 13.2. The van der Waals surface area contributed by atoms with Crippen molar-refractivity contribution >= 4 is 17.4 Å². The lowest BCUT2D eigenvalue weighted by molar-refractivity contribution is -0.386. The molecule has 1 saturated carbocycles. The van der Waals surface area contributed by atoms with Crippen LogP contribution in [0.25, 0.3) is 11.4 Å². The highest BCUT2D eigenvalue weighted by atomic mass is 16.6. The number of rotatable bonds is 6. The Morgan fingerprint density at radius 2 is 2.00 bits per heavy atom. The van der Waals surface area contributed by atoms with Crippen molar-refractivity contribution in [1.82, 2.24) is 15.0 Å². The number of carbonyl (C=O) groups excluding carboxylic acids is 2. The van der Waals surface area contributed by atoms with Crippen molar-refractivity contribution in [2.45, 2.75) is 45.1 Å². The van der Waals surface area contributed by atoms with Gasteiger partial charge in [0.15, 0.2) is 5.75 Å². The molecule has 0 aliphatic heterocycles. The molecule has 0 saturated heterocycles. The topological polar surface area (TPSA) is 149 Å². The van der Waals surface area contributed by atoms with Crippen LogP contribution in [0.15, 0.2) is 10.6 Å². The van der Waals surface area contributed by atoms with Crippen molar-refractivity contribution in [3.63, 3.8) is 0 Å². The highest BCUT2D eigenvalue weighted by molar-refractivity contribution is 6.45. The normalized spacial score (nSPS) is 14.4. The van der Waals surface area contributed by atoms with E-state index in [-0.39, 0.29) is 29.1 Å². The van der Waals surface area contributed by atoms with Crippen molar-refractivity contribution in [3.05, 3.63) is 27.6 Å². The molecule has 0 spiro atoms. The molecule has 11 nitrogen and oxygen atoms in total. The standard InChI is InChI=1S/C19H22N4O7/c1-10-20-18(21-30-10)12-9-13(29-3)16(24)15(23(27)28)14(12)17(25)19(26)22(2)11-7-5-4-6-8-11/h9,11,24H,4-8H2,1-3H3. The fourth-order valence-electron chi connectivity index (χ4n) is 3.68. The van der Waals surface area contributed by atoms with Gasteiger partial charge in [-0.1, -0.05) is 24.4 Å². The van der Waals surface area contributed by atoms with Gasteiger partial charge in [0.2, 0.25) is 17.5 Å². The number of aryl methyl sites for hydroxylation is 1. The van der Waals surface area contributed by atoms with Gasteiger partial charge in [0.1, 0.15) is 5.56 Å². The van der Waals surface area contributed by atoms with Gasteiger partial charge in [-0.05, 0) is 18.9 Å². The summed E-state index contributed by atoms with van der Waals surface area (Å²) in [7, 11) is 2.71. The van der Waals surface area contributed by atoms with Crippen LogP contribution in [-0.2, 0) is 4.79 Å². The predicted octanol–water partition coefficient (Wildman–Crippen LogP) is 2.64. The summed E-state index contributed by atoms with van der Waals surface area (Å²) in [4.78, 5) is 42.3. The van der Waals surface area contributed by atoms with Crippen LogP contribution >= 0.6 is 0 Å². The van der Waals surface area contributed by atoms with Crippen LogP contribution in [0.3, 0.4) is 0 Å². The van der Waals surface area contributed by atoms with Gasteiger partial charge in [-0.15, -0.1) is 0 Å². The van der Waals surface area contributed by atoms with Crippen LogP contribution in [-0.4, -0.2) is 57.0 Å². The molecule has 1 amide bonds. The average molecular weight is 418 g/mol. The quantitative estimate of drug-likeness (QED) is 0.323. The van der Waals surface area contributed by atoms with E-state index < -0.39 is 33.6 Å². The van der Waals surface area contributed by atoms with Gasteiger partial charge in [0.25, 0.3) is 11.7 Å². The van der Waals surface area contributed by atoms with Crippen LogP contribution in [0.1, 0.15) is 48.4 Å². The predicted molar refractivity (Wildman–Crippen MR) is 103 cm³/mol. The summed E-state index contributed by atoms with van der Waals surface area (Å²) < 4.78 is 9.92. The number of nitro groups is 1. The van der Waals surface area contributed by atoms with E-state index in [1.165, 1.54) is 32.0 Å². The van der Waals surface area contributed by atoms with Crippen LogP contribution in [0, 0.1) is 17.0 Å². The number of aromatic nitrogens is 2. The number of Topliss-reactive ketones (excluding diaryl/α,β-unsaturated/α-hetero) is 1. The monoisotopic (exact) mass is 418 g/mol. The number of phenols is 1. The first-order valence-electron chi connectivity index (χ1n) is 9.46. The van der Waals surface area contributed by atoms with Gasteiger partial charge in [-0.2, -0.15) is 4.98 Å². The molecule has 1 fully saturated rings. The lowest BCUT2D eigenvalue weighted by Crippen LogP contribution is -2.42. The zero-order chi connectivity index (χ0) is 22.0. The number of nitro benzene ring substituents is 1. The van der Waals surface area contributed by atoms with E-state index >= 15 is 0 Å². The average Bonchev–Trinajstić information content (AvgIpc) is 3.18. The first-order valence-corrected chi connectivity index (χ1v) is 9.46. The Kier molecular flexibility index (Phi) is 5.99. The number of nitrogens with zero attached hydrogens (tertiary/aromatic N) is 4. The summed E-state index contributed by atoms with van der Waals surface area (Å²) in [6, 6.07) is 1.05. The summed E-state index contributed by atoms with van der Waals surface area (Å²) in [5.74, 6) is -3.14. The van der Waals surface area contributed by atoms with Crippen LogP contribution in [0.4, 0.5) is 5.69 Å². The Balaban J connectivity index is 2.15. The van der Waals surface area contributed by atoms with E-state index in [0.29, 0.717) is 0 Å². The van der Waals surface area contributed by atoms with Crippen molar-refractivity contribution < 1.29 is 28.9 Å². The minimum absolute atomic E-state index is 0.128. The van der Waals surface area contributed by atoms with Crippen LogP contribution in [0.5, 0.6) is 11.5 Å². The van der Waals surface area contributed by atoms with Crippen molar-refractivity contribution in [3.8, 4) is 22.9 Å². The number of hydrogen-bond acceptors (Lipinski definition) is 9. The van der Waals surface area contributed by atoms with E-state index in [4.69, 9.17) is 9.26 Å². The Bertz CT molecular complexity index is 995. The molecule has 1 heterocycles. The van der Waals surface area contributed by atoms with Crippen LogP contribution in [0.2, 0.25) is 0 Å². The third-order valence-corrected chi connectivity index (χ3v) is 5.27. The minimum Gasteiger partial charge on any atom is -0.499 e. The number of amides is 1. The number of phenolic OH excluding ortho intramolecular Hbond substituents is 1. The van der Waals surface area contributed by atoms with E-state index in [1.54, 1.807) is 0 Å². The van der Waals surface area contributed by atoms with Gasteiger partial charge >= 0.3 is 5.69 Å². The lowest BCUT2D eigenvalue weighted by Gasteiger charge is -2.30. The molecular weight excluding hydrogens is 396 g/mol. The van der Waals surface area contributed by atoms with Gasteiger partial charge < -0.3 is 19.3 Å². The molecule has 0 atom stereocenters. The van der Waals surface area contributed by atoms with Crippen molar-refractivity contribution in [2.24, 2.45) is 0 Å². The molecular formula is C19H22N4O7. The molecule has 1 aromatic heterocycles. The number of carbonyl (C=O) groups is 2. The summed E-state index contributed by atoms with van der Waals surface area (Å²) in [5.41, 5.74) is -1.68. The second kappa shape index (κ2) is 8.47. The molecule has 3 rings (SSSR count). The second-order valence-electron chi connectivity index (χ2n) is 7.13. The Hall–Kier alpha value is -3.50. The van der Waals surface area contributed by atoms with Gasteiger partial charge in [-0.3, -0.25) is 19.7 Å². The molecule has 2 aromatic rings. The maximum absolute atomic E-state index is 13.2. The van der Waals surface area contributed by atoms with Crippen molar-refractivity contribution in [2.75, 3.05) is 14.2 Å². The summed E-state index contributed by atoms with van der Waals surface area (Å²) in [6.07, 6.45) is 4.44. The number of aromatic hydroxyl groups is 1. The van der Waals surface area contributed by atoms with E-state index in [1.807, 2.05) is 0 Å². The van der Waals surface area contributed by atoms with Gasteiger partial charge in [0.05, 0.1) is 12.0 Å². The molecule has 1 aromatic carbocycles. The van der Waals surface area contributed by atoms with Gasteiger partial charge in [-0.25, -0.2) is 0 Å². The maximum Gasteiger partial charge on any atom is 0.326 e. The summed E-state index contributed by atoms with van der Waals surface area (Å²) in [6.45, 7) is 1.51. The Morgan fingerprint density at radius 1 is 1.33 bits per heavy atom. The fraction of sp³-hybridized carbons (Fsp3) is 0.474. The SMILES string of the molecule is COc1cc(-c2noc(C)n2)c(C(=O)C(=O)N(C)C2CCCCC2)c([N+](=O)[O-])c1O. The number of benzene rings is 1. The van der Waals surface area contributed by atoms with Gasteiger partial charge in [0, 0.05) is 25.6 Å². The lowest BCUT2D eigenvalue weighted by atomic mass is 9.93. The van der Waals surface area contributed by atoms with E-state index in [9.17, 15) is 24.8 Å². The molecule has 1 aliphatic carbocycles. The number of hydrogen-bond donors (Lipinski definition) is 1. The zero-order valence-electron chi connectivity index (χ0n) is 16.9. The molecule has 30 heavy (non-hydrogen) atoms. The fourth-order valence-corrected chi connectivity index (χ4v) is 3.68. The number of ether oxygens (including phenoxy) is 1. The van der Waals surface area contributed by atoms with Crippen LogP contribution < -0.4 is 4.74 Å². The smallest absolute Gasteiger partial charge is 0.326 e. The number of ketones is 1. The highest BCUT2D eigenvalue weighted by Gasteiger charge is 2.38. The second-order valence-corrected chi connectivity index (χ2v) is 7.13. The van der Waals surface area contributed by atoms with E-state index in [0.717, 1.165) is 32.1 Å². The summed E-state index contributed by atoms with van der Waals surface area (Å²) in [5, 5.41) is 25.8. The first kappa shape index (κ1) is 21.2. The van der Waals surface area contributed by atoms with Crippen molar-refractivity contribution in [1.29, 1.82) is 0 Å². The molecule has 11 heteroatoms. The number of methoxy groups -OCH3 is 1.